The van der Waals surface area contributed by atoms with Crippen LogP contribution in [0.25, 0.3) is 0 Å². The van der Waals surface area contributed by atoms with E-state index in [1.165, 1.54) is 5.56 Å². The van der Waals surface area contributed by atoms with Gasteiger partial charge in [0.25, 0.3) is 5.91 Å². The minimum atomic E-state index is -0.215. The van der Waals surface area contributed by atoms with E-state index in [4.69, 9.17) is 40.2 Å². The van der Waals surface area contributed by atoms with Crippen molar-refractivity contribution in [2.75, 3.05) is 33.4 Å². The van der Waals surface area contributed by atoms with Crippen LogP contribution in [-0.4, -0.2) is 71.1 Å². The van der Waals surface area contributed by atoms with E-state index in [0.717, 1.165) is 49.4 Å². The van der Waals surface area contributed by atoms with Crippen molar-refractivity contribution in [1.29, 1.82) is 0 Å². The molecule has 0 saturated carbocycles. The van der Waals surface area contributed by atoms with Gasteiger partial charge in [0.15, 0.2) is 0 Å². The zero-order valence-corrected chi connectivity index (χ0v) is 23.0. The molecule has 1 saturated heterocycles. The summed E-state index contributed by atoms with van der Waals surface area (Å²) >= 11 is 19.4. The second kappa shape index (κ2) is 13.1. The fraction of sp³-hybridized carbons (Fsp3) is 0.542. The number of thiophene rings is 1. The number of aromatic nitrogens is 1. The van der Waals surface area contributed by atoms with Crippen LogP contribution in [0.5, 0.6) is 0 Å². The third-order valence-electron chi connectivity index (χ3n) is 6.30. The number of halogens is 2. The van der Waals surface area contributed by atoms with Crippen molar-refractivity contribution < 1.29 is 9.53 Å². The summed E-state index contributed by atoms with van der Waals surface area (Å²) in [6.07, 6.45) is 2.96. The topological polar surface area (TPSA) is 57.7 Å². The molecule has 3 heterocycles. The molecule has 0 aliphatic carbocycles. The van der Waals surface area contributed by atoms with Gasteiger partial charge in [-0.3, -0.25) is 4.79 Å². The zero-order valence-electron chi connectivity index (χ0n) is 19.9. The lowest BCUT2D eigenvalue weighted by Crippen LogP contribution is -2.49. The molecular formula is C24H32Cl2N4O2S2. The van der Waals surface area contributed by atoms with Gasteiger partial charge >= 0.3 is 0 Å². The Hall–Kier alpha value is -1.29. The Kier molecular flexibility index (Phi) is 10.5. The highest BCUT2D eigenvalue weighted by atomic mass is 35.5. The number of carbonyl (C=O) groups is 1. The Balaban J connectivity index is 1.48. The van der Waals surface area contributed by atoms with E-state index in [9.17, 15) is 4.79 Å². The van der Waals surface area contributed by atoms with Gasteiger partial charge in [-0.1, -0.05) is 35.4 Å². The second-order valence-corrected chi connectivity index (χ2v) is 10.7. The molecule has 1 fully saturated rings. The van der Waals surface area contributed by atoms with Crippen molar-refractivity contribution in [1.82, 2.24) is 20.1 Å². The number of hydrogen-bond donors (Lipinski definition) is 1. The maximum Gasteiger partial charge on any atom is 0.254 e. The van der Waals surface area contributed by atoms with Crippen LogP contribution in [0.3, 0.4) is 0 Å². The number of methoxy groups -OCH3 is 1. The molecule has 1 aliphatic heterocycles. The molecule has 34 heavy (non-hydrogen) atoms. The maximum atomic E-state index is 12.6. The predicted octanol–water partition coefficient (Wildman–Crippen LogP) is 5.21. The van der Waals surface area contributed by atoms with Gasteiger partial charge in [0, 0.05) is 45.4 Å². The van der Waals surface area contributed by atoms with Crippen molar-refractivity contribution in [3.8, 4) is 0 Å². The minimum absolute atomic E-state index is 0.135. The molecule has 0 aromatic carbocycles. The molecule has 2 aromatic heterocycles. The molecule has 0 radical (unpaired) electrons. The van der Waals surface area contributed by atoms with Gasteiger partial charge in [-0.05, 0) is 67.1 Å². The first-order valence-electron chi connectivity index (χ1n) is 11.4. The smallest absolute Gasteiger partial charge is 0.254 e. The predicted molar refractivity (Wildman–Crippen MR) is 144 cm³/mol. The molecule has 10 heteroatoms. The molecule has 2 aromatic rings. The molecule has 1 N–H and O–H groups in total. The molecule has 0 spiro atoms. The van der Waals surface area contributed by atoms with Gasteiger partial charge in [-0.15, -0.1) is 0 Å². The number of aryl methyl sites for hydroxylation is 1. The lowest BCUT2D eigenvalue weighted by molar-refractivity contribution is 0.0933. The Morgan fingerprint density at radius 3 is 2.76 bits per heavy atom. The third kappa shape index (κ3) is 7.35. The fourth-order valence-electron chi connectivity index (χ4n) is 4.38. The summed E-state index contributed by atoms with van der Waals surface area (Å²) in [5.74, 6) is -0.215. The van der Waals surface area contributed by atoms with Crippen molar-refractivity contribution in [3.05, 3.63) is 49.9 Å². The Bertz CT molecular complexity index is 943. The summed E-state index contributed by atoms with van der Waals surface area (Å²) < 4.78 is 5.33. The summed E-state index contributed by atoms with van der Waals surface area (Å²) in [7, 11) is 1.69. The molecule has 0 bridgehead atoms. The third-order valence-corrected chi connectivity index (χ3v) is 7.85. The van der Waals surface area contributed by atoms with Crippen molar-refractivity contribution in [3.63, 3.8) is 0 Å². The monoisotopic (exact) mass is 542 g/mol. The number of nitrogens with one attached hydrogen (secondary N) is 1. The first-order valence-corrected chi connectivity index (χ1v) is 13.5. The van der Waals surface area contributed by atoms with Gasteiger partial charge in [0.05, 0.1) is 12.2 Å². The van der Waals surface area contributed by atoms with Crippen molar-refractivity contribution >= 4 is 57.7 Å². The highest BCUT2D eigenvalue weighted by molar-refractivity contribution is 7.80. The van der Waals surface area contributed by atoms with Gasteiger partial charge in [0.1, 0.15) is 15.3 Å². The summed E-state index contributed by atoms with van der Waals surface area (Å²) in [4.78, 5) is 22.3. The van der Waals surface area contributed by atoms with Crippen molar-refractivity contribution in [2.24, 2.45) is 0 Å². The van der Waals surface area contributed by atoms with Crippen LogP contribution >= 0.6 is 46.8 Å². The minimum Gasteiger partial charge on any atom is -0.378 e. The van der Waals surface area contributed by atoms with Gasteiger partial charge < -0.3 is 19.9 Å². The van der Waals surface area contributed by atoms with Crippen LogP contribution in [0.4, 0.5) is 0 Å². The first kappa shape index (κ1) is 27.3. The quantitative estimate of drug-likeness (QED) is 0.328. The standard InChI is InChI=1S/C24H32Cl2N4O2S2/c1-16-12-20(25)28-23(26)22(16)24(31)27-8-4-17(2)29-9-5-19(6-10-29)30(21(33)14-32-3)13-18-7-11-34-15-18/h7,11-12,15,17,19H,4-6,8-10,13-14H2,1-3H3,(H,27,31). The molecule has 1 amide bonds. The van der Waals surface area contributed by atoms with E-state index >= 15 is 0 Å². The van der Waals surface area contributed by atoms with E-state index in [2.05, 4.69) is 43.9 Å². The fourth-order valence-corrected chi connectivity index (χ4v) is 5.99. The van der Waals surface area contributed by atoms with E-state index in [1.807, 2.05) is 0 Å². The van der Waals surface area contributed by atoms with E-state index in [1.54, 1.807) is 31.4 Å². The number of carbonyl (C=O) groups excluding carboxylic acids is 1. The maximum absolute atomic E-state index is 12.6. The Morgan fingerprint density at radius 2 is 2.15 bits per heavy atom. The highest BCUT2D eigenvalue weighted by Crippen LogP contribution is 2.24. The summed E-state index contributed by atoms with van der Waals surface area (Å²) in [6.45, 7) is 7.90. The molecule has 1 aliphatic rings. The lowest BCUT2D eigenvalue weighted by Gasteiger charge is -2.41. The van der Waals surface area contributed by atoms with Crippen LogP contribution < -0.4 is 5.32 Å². The molecular weight excluding hydrogens is 511 g/mol. The molecule has 3 rings (SSSR count). The molecule has 6 nitrogen and oxygen atoms in total. The van der Waals surface area contributed by atoms with Gasteiger partial charge in [0.2, 0.25) is 0 Å². The summed E-state index contributed by atoms with van der Waals surface area (Å²) in [5, 5.41) is 7.69. The Labute approximate surface area is 221 Å². The molecule has 1 atom stereocenters. The van der Waals surface area contributed by atoms with Crippen LogP contribution in [0.15, 0.2) is 22.9 Å². The Morgan fingerprint density at radius 1 is 1.41 bits per heavy atom. The zero-order chi connectivity index (χ0) is 24.7. The van der Waals surface area contributed by atoms with E-state index in [-0.39, 0.29) is 16.2 Å². The van der Waals surface area contributed by atoms with Crippen LogP contribution in [0, 0.1) is 6.92 Å². The number of rotatable bonds is 10. The second-order valence-electron chi connectivity index (χ2n) is 8.67. The van der Waals surface area contributed by atoms with E-state index in [0.29, 0.717) is 30.8 Å². The summed E-state index contributed by atoms with van der Waals surface area (Å²) in [5.41, 5.74) is 2.40. The van der Waals surface area contributed by atoms with Crippen molar-refractivity contribution in [2.45, 2.75) is 51.7 Å². The van der Waals surface area contributed by atoms with Gasteiger partial charge in [-0.25, -0.2) is 4.98 Å². The number of thiocarbonyl (C=S) groups is 1. The number of piperidine rings is 1. The molecule has 186 valence electrons. The highest BCUT2D eigenvalue weighted by Gasteiger charge is 2.28. The number of amides is 1. The number of likely N-dealkylation sites (tertiary alicyclic amines) is 1. The van der Waals surface area contributed by atoms with Crippen LogP contribution in [0.2, 0.25) is 10.3 Å². The SMILES string of the molecule is COCC(=S)N(Cc1ccsc1)C1CCN(C(C)CCNC(=O)c2c(C)cc(Cl)nc2Cl)CC1. The number of nitrogens with zero attached hydrogens (tertiary/aromatic N) is 3. The summed E-state index contributed by atoms with van der Waals surface area (Å²) in [6, 6.07) is 4.58. The normalized spacial score (nSPS) is 15.8. The number of ether oxygens (including phenoxy) is 1. The largest absolute Gasteiger partial charge is 0.378 e. The average molecular weight is 544 g/mol. The first-order chi connectivity index (χ1) is 16.3. The number of hydrogen-bond acceptors (Lipinski definition) is 6. The van der Waals surface area contributed by atoms with Gasteiger partial charge in [-0.2, -0.15) is 11.3 Å². The molecule has 1 unspecified atom stereocenters. The van der Waals surface area contributed by atoms with Crippen LogP contribution in [0.1, 0.15) is 47.7 Å². The lowest BCUT2D eigenvalue weighted by atomic mass is 10.00. The number of pyridine rings is 1. The average Bonchev–Trinajstić information content (AvgIpc) is 3.30. The van der Waals surface area contributed by atoms with E-state index < -0.39 is 0 Å². The van der Waals surface area contributed by atoms with Crippen LogP contribution in [-0.2, 0) is 11.3 Å².